The normalized spacial score (nSPS) is 12.1. The molecular formula is C11H11BrClN. The third kappa shape index (κ3) is 3.02. The Morgan fingerprint density at radius 2 is 2.29 bits per heavy atom. The minimum absolute atomic E-state index is 0.0309. The Morgan fingerprint density at radius 3 is 2.86 bits per heavy atom. The molecule has 0 spiro atoms. The summed E-state index contributed by atoms with van der Waals surface area (Å²) in [6, 6.07) is 5.69. The van der Waals surface area contributed by atoms with Crippen molar-refractivity contribution in [3.8, 4) is 12.3 Å². The zero-order valence-electron chi connectivity index (χ0n) is 7.63. The molecule has 0 aliphatic carbocycles. The smallest absolute Gasteiger partial charge is 0.0551 e. The minimum Gasteiger partial charge on any atom is -0.324 e. The van der Waals surface area contributed by atoms with Crippen LogP contribution in [0.2, 0.25) is 5.02 Å². The Labute approximate surface area is 97.8 Å². The van der Waals surface area contributed by atoms with Gasteiger partial charge < -0.3 is 5.73 Å². The average molecular weight is 273 g/mol. The van der Waals surface area contributed by atoms with Gasteiger partial charge in [0.25, 0.3) is 0 Å². The van der Waals surface area contributed by atoms with Crippen LogP contribution in [0, 0.1) is 12.3 Å². The number of rotatable bonds is 3. The van der Waals surface area contributed by atoms with Gasteiger partial charge in [0, 0.05) is 16.9 Å². The van der Waals surface area contributed by atoms with E-state index in [2.05, 4.69) is 21.9 Å². The third-order valence-corrected chi connectivity index (χ3v) is 3.20. The highest BCUT2D eigenvalue weighted by atomic mass is 79.9. The Bertz CT molecular complexity index is 357. The second kappa shape index (κ2) is 5.41. The van der Waals surface area contributed by atoms with Gasteiger partial charge in [0.1, 0.15) is 0 Å². The number of terminal acetylenes is 1. The van der Waals surface area contributed by atoms with E-state index in [9.17, 15) is 0 Å². The van der Waals surface area contributed by atoms with Crippen LogP contribution in [0.5, 0.6) is 0 Å². The van der Waals surface area contributed by atoms with Crippen molar-refractivity contribution in [3.63, 3.8) is 0 Å². The summed E-state index contributed by atoms with van der Waals surface area (Å²) in [6.07, 6.45) is 6.65. The first-order valence-corrected chi connectivity index (χ1v) is 5.46. The van der Waals surface area contributed by atoms with E-state index in [0.29, 0.717) is 11.4 Å². The molecule has 0 heterocycles. The van der Waals surface area contributed by atoms with E-state index in [0.717, 1.165) is 16.5 Å². The van der Waals surface area contributed by atoms with E-state index in [4.69, 9.17) is 23.8 Å². The molecule has 0 aliphatic rings. The lowest BCUT2D eigenvalue weighted by Gasteiger charge is -2.10. The van der Waals surface area contributed by atoms with Gasteiger partial charge in [-0.1, -0.05) is 17.7 Å². The third-order valence-electron chi connectivity index (χ3n) is 1.97. The molecule has 1 rings (SSSR count). The second-order valence-electron chi connectivity index (χ2n) is 3.02. The molecule has 14 heavy (non-hydrogen) atoms. The molecule has 0 saturated heterocycles. The first-order valence-electron chi connectivity index (χ1n) is 4.29. The summed E-state index contributed by atoms with van der Waals surface area (Å²) in [5.74, 6) is 2.57. The van der Waals surface area contributed by atoms with Gasteiger partial charge in [0.05, 0.1) is 5.02 Å². The van der Waals surface area contributed by atoms with Gasteiger partial charge in [-0.2, -0.15) is 0 Å². The quantitative estimate of drug-likeness (QED) is 0.837. The molecule has 1 atom stereocenters. The van der Waals surface area contributed by atoms with Crippen LogP contribution in [-0.4, -0.2) is 0 Å². The number of nitrogens with two attached hydrogens (primary N) is 1. The fourth-order valence-corrected chi connectivity index (χ4v) is 1.58. The fraction of sp³-hybridized carbons (Fsp3) is 0.273. The van der Waals surface area contributed by atoms with Gasteiger partial charge in [-0.05, 0) is 40.0 Å². The van der Waals surface area contributed by atoms with Gasteiger partial charge in [0.2, 0.25) is 0 Å². The van der Waals surface area contributed by atoms with Crippen molar-refractivity contribution in [1.82, 2.24) is 0 Å². The molecule has 0 fully saturated rings. The molecule has 1 aromatic rings. The van der Waals surface area contributed by atoms with Crippen LogP contribution >= 0.6 is 27.5 Å². The van der Waals surface area contributed by atoms with Gasteiger partial charge in [-0.25, -0.2) is 0 Å². The Hall–Kier alpha value is -0.490. The predicted octanol–water partition coefficient (Wildman–Crippen LogP) is 3.52. The monoisotopic (exact) mass is 271 g/mol. The van der Waals surface area contributed by atoms with Crippen LogP contribution in [0.25, 0.3) is 0 Å². The molecular weight excluding hydrogens is 261 g/mol. The maximum Gasteiger partial charge on any atom is 0.0551 e. The summed E-state index contributed by atoms with van der Waals surface area (Å²) in [4.78, 5) is 0. The van der Waals surface area contributed by atoms with E-state index in [1.807, 2.05) is 18.2 Å². The van der Waals surface area contributed by atoms with E-state index in [-0.39, 0.29) is 6.04 Å². The second-order valence-corrected chi connectivity index (χ2v) is 4.28. The van der Waals surface area contributed by atoms with Crippen molar-refractivity contribution >= 4 is 27.5 Å². The van der Waals surface area contributed by atoms with E-state index < -0.39 is 0 Å². The molecule has 2 N–H and O–H groups in total. The van der Waals surface area contributed by atoms with E-state index in [1.54, 1.807) is 0 Å². The van der Waals surface area contributed by atoms with Crippen molar-refractivity contribution in [1.29, 1.82) is 0 Å². The van der Waals surface area contributed by atoms with Crippen LogP contribution in [0.3, 0.4) is 0 Å². The molecule has 74 valence electrons. The van der Waals surface area contributed by atoms with Gasteiger partial charge >= 0.3 is 0 Å². The first kappa shape index (κ1) is 11.6. The molecule has 0 aliphatic heterocycles. The summed E-state index contributed by atoms with van der Waals surface area (Å²) < 4.78 is 0.882. The largest absolute Gasteiger partial charge is 0.324 e. The molecule has 0 aromatic heterocycles. The lowest BCUT2D eigenvalue weighted by molar-refractivity contribution is 0.668. The first-order chi connectivity index (χ1) is 6.65. The van der Waals surface area contributed by atoms with Crippen molar-refractivity contribution < 1.29 is 0 Å². The van der Waals surface area contributed by atoms with Gasteiger partial charge in [0.15, 0.2) is 0 Å². The van der Waals surface area contributed by atoms with Crippen LogP contribution in [0.1, 0.15) is 24.4 Å². The summed E-state index contributed by atoms with van der Waals surface area (Å²) >= 11 is 9.28. The Morgan fingerprint density at radius 1 is 1.57 bits per heavy atom. The molecule has 0 radical (unpaired) electrons. The van der Waals surface area contributed by atoms with E-state index in [1.165, 1.54) is 0 Å². The fourth-order valence-electron chi connectivity index (χ4n) is 1.15. The number of benzene rings is 1. The Balaban J connectivity index is 2.76. The maximum absolute atomic E-state index is 5.95. The van der Waals surface area contributed by atoms with Gasteiger partial charge in [-0.15, -0.1) is 12.3 Å². The molecule has 1 unspecified atom stereocenters. The van der Waals surface area contributed by atoms with Crippen LogP contribution in [0.4, 0.5) is 0 Å². The highest BCUT2D eigenvalue weighted by molar-refractivity contribution is 9.10. The molecule has 1 aromatic carbocycles. The zero-order valence-corrected chi connectivity index (χ0v) is 9.98. The van der Waals surface area contributed by atoms with Crippen molar-refractivity contribution in [3.05, 3.63) is 33.3 Å². The average Bonchev–Trinajstić information content (AvgIpc) is 2.18. The lowest BCUT2D eigenvalue weighted by atomic mass is 10.0. The van der Waals surface area contributed by atoms with E-state index >= 15 is 0 Å². The molecule has 1 nitrogen and oxygen atoms in total. The Kier molecular flexibility index (Phi) is 4.47. The summed E-state index contributed by atoms with van der Waals surface area (Å²) in [6.45, 7) is 0. The van der Waals surface area contributed by atoms with Crippen molar-refractivity contribution in [2.24, 2.45) is 5.73 Å². The van der Waals surface area contributed by atoms with Crippen molar-refractivity contribution in [2.75, 3.05) is 0 Å². The predicted molar refractivity (Wildman–Crippen MR) is 64.1 cm³/mol. The molecule has 3 heteroatoms. The van der Waals surface area contributed by atoms with Crippen molar-refractivity contribution in [2.45, 2.75) is 18.9 Å². The summed E-state index contributed by atoms with van der Waals surface area (Å²) in [7, 11) is 0. The highest BCUT2D eigenvalue weighted by Gasteiger charge is 2.06. The standard InChI is InChI=1S/C11H11BrClN/c1-2-3-4-11(14)8-5-6-9(12)10(13)7-8/h1,5-7,11H,3-4,14H2. The van der Waals surface area contributed by atoms with Crippen LogP contribution in [0.15, 0.2) is 22.7 Å². The van der Waals surface area contributed by atoms with Gasteiger partial charge in [-0.3, -0.25) is 0 Å². The molecule has 0 bridgehead atoms. The van der Waals surface area contributed by atoms with Crippen LogP contribution < -0.4 is 5.73 Å². The number of hydrogen-bond acceptors (Lipinski definition) is 1. The molecule has 0 amide bonds. The van der Waals surface area contributed by atoms with Crippen LogP contribution in [-0.2, 0) is 0 Å². The topological polar surface area (TPSA) is 26.0 Å². The number of hydrogen-bond donors (Lipinski definition) is 1. The zero-order chi connectivity index (χ0) is 10.6. The summed E-state index contributed by atoms with van der Waals surface area (Å²) in [5, 5.41) is 0.679. The highest BCUT2D eigenvalue weighted by Crippen LogP contribution is 2.26. The minimum atomic E-state index is -0.0309. The number of halogens is 2. The SMILES string of the molecule is C#CCCC(N)c1ccc(Br)c(Cl)c1. The summed E-state index contributed by atoms with van der Waals surface area (Å²) in [5.41, 5.74) is 6.95. The maximum atomic E-state index is 5.95. The lowest BCUT2D eigenvalue weighted by Crippen LogP contribution is -2.09. The molecule has 0 saturated carbocycles.